The van der Waals surface area contributed by atoms with Crippen molar-refractivity contribution in [3.8, 4) is 0 Å². The van der Waals surface area contributed by atoms with E-state index in [1.165, 1.54) is 11.8 Å². The summed E-state index contributed by atoms with van der Waals surface area (Å²) < 4.78 is 10.6. The summed E-state index contributed by atoms with van der Waals surface area (Å²) in [5.41, 5.74) is -1.46. The molecule has 0 unspecified atom stereocenters. The number of unbranched alkanes of at least 4 members (excludes halogenated alkanes) is 1. The highest BCUT2D eigenvalue weighted by molar-refractivity contribution is 8.13. The second-order valence-corrected chi connectivity index (χ2v) is 7.87. The van der Waals surface area contributed by atoms with Crippen molar-refractivity contribution in [2.24, 2.45) is 4.99 Å². The molecule has 0 N–H and O–H groups in total. The number of amides is 2. The Kier molecular flexibility index (Phi) is 9.11. The number of hydrogen-bond acceptors (Lipinski definition) is 6. The fourth-order valence-electron chi connectivity index (χ4n) is 1.48. The molecule has 0 saturated carbocycles. The van der Waals surface area contributed by atoms with E-state index in [2.05, 4.69) is 11.6 Å². The molecule has 0 aromatic heterocycles. The van der Waals surface area contributed by atoms with Crippen LogP contribution in [-0.4, -0.2) is 46.3 Å². The lowest BCUT2D eigenvalue weighted by molar-refractivity contribution is 0.0152. The molecule has 0 heterocycles. The lowest BCUT2D eigenvalue weighted by Crippen LogP contribution is -2.46. The number of thioether (sulfide) groups is 1. The smallest absolute Gasteiger partial charge is 0.426 e. The molecule has 0 aliphatic carbocycles. The van der Waals surface area contributed by atoms with E-state index in [-0.39, 0.29) is 5.17 Å². The minimum absolute atomic E-state index is 0.252. The summed E-state index contributed by atoms with van der Waals surface area (Å²) in [4.78, 5) is 30.1. The average Bonchev–Trinajstić information content (AvgIpc) is 2.37. The SMILES string of the molecule is C=CCCCN=C(SC)N(C(=O)OC(C)(C)C)C(=O)OC(C)(C)C. The average molecular weight is 359 g/mol. The molecule has 0 aromatic rings. The van der Waals surface area contributed by atoms with E-state index in [0.29, 0.717) is 6.54 Å². The molecule has 0 bridgehead atoms. The van der Waals surface area contributed by atoms with Gasteiger partial charge in [-0.1, -0.05) is 17.8 Å². The van der Waals surface area contributed by atoms with Gasteiger partial charge in [-0.3, -0.25) is 4.99 Å². The fraction of sp³-hybridized carbons (Fsp3) is 0.706. The van der Waals surface area contributed by atoms with Crippen molar-refractivity contribution in [1.29, 1.82) is 0 Å². The molecule has 138 valence electrons. The van der Waals surface area contributed by atoms with Crippen LogP contribution in [0.5, 0.6) is 0 Å². The second-order valence-electron chi connectivity index (χ2n) is 7.10. The van der Waals surface area contributed by atoms with Crippen molar-refractivity contribution in [3.05, 3.63) is 12.7 Å². The quantitative estimate of drug-likeness (QED) is 0.311. The molecular formula is C17H30N2O4S. The number of rotatable bonds is 4. The van der Waals surface area contributed by atoms with Gasteiger partial charge in [0.2, 0.25) is 0 Å². The summed E-state index contributed by atoms with van der Waals surface area (Å²) in [5, 5.41) is 0.252. The first-order valence-corrected chi connectivity index (χ1v) is 9.09. The molecule has 0 spiro atoms. The zero-order chi connectivity index (χ0) is 19.0. The maximum atomic E-state index is 12.5. The van der Waals surface area contributed by atoms with Gasteiger partial charge in [-0.25, -0.2) is 9.59 Å². The van der Waals surface area contributed by atoms with Crippen molar-refractivity contribution in [3.63, 3.8) is 0 Å². The second kappa shape index (κ2) is 9.71. The Morgan fingerprint density at radius 2 is 1.54 bits per heavy atom. The molecular weight excluding hydrogens is 328 g/mol. The van der Waals surface area contributed by atoms with E-state index < -0.39 is 23.4 Å². The lowest BCUT2D eigenvalue weighted by atomic mass is 10.2. The number of hydrogen-bond donors (Lipinski definition) is 0. The van der Waals surface area contributed by atoms with Crippen LogP contribution < -0.4 is 0 Å². The highest BCUT2D eigenvalue weighted by atomic mass is 32.2. The summed E-state index contributed by atoms with van der Waals surface area (Å²) >= 11 is 1.19. The number of amidine groups is 1. The Bertz CT molecular complexity index is 448. The molecule has 0 radical (unpaired) electrons. The molecule has 24 heavy (non-hydrogen) atoms. The van der Waals surface area contributed by atoms with Crippen LogP contribution >= 0.6 is 11.8 Å². The van der Waals surface area contributed by atoms with Crippen LogP contribution in [0.3, 0.4) is 0 Å². The van der Waals surface area contributed by atoms with Gasteiger partial charge in [0.25, 0.3) is 0 Å². The van der Waals surface area contributed by atoms with Crippen molar-refractivity contribution in [1.82, 2.24) is 4.90 Å². The Morgan fingerprint density at radius 1 is 1.08 bits per heavy atom. The van der Waals surface area contributed by atoms with E-state index in [4.69, 9.17) is 9.47 Å². The Balaban J connectivity index is 5.44. The zero-order valence-electron chi connectivity index (χ0n) is 15.8. The molecule has 7 heteroatoms. The number of carbonyl (C=O) groups excluding carboxylic acids is 2. The zero-order valence-corrected chi connectivity index (χ0v) is 16.7. The summed E-state index contributed by atoms with van der Waals surface area (Å²) in [5.74, 6) is 0. The van der Waals surface area contributed by atoms with Crippen molar-refractivity contribution >= 4 is 29.1 Å². The first-order chi connectivity index (χ1) is 10.9. The maximum Gasteiger partial charge on any atom is 0.426 e. The third-order valence-corrected chi connectivity index (χ3v) is 3.02. The molecule has 6 nitrogen and oxygen atoms in total. The van der Waals surface area contributed by atoms with Crippen molar-refractivity contribution < 1.29 is 19.1 Å². The van der Waals surface area contributed by atoms with E-state index in [1.54, 1.807) is 53.9 Å². The lowest BCUT2D eigenvalue weighted by Gasteiger charge is -2.28. The normalized spacial score (nSPS) is 12.5. The van der Waals surface area contributed by atoms with E-state index >= 15 is 0 Å². The third-order valence-electron chi connectivity index (χ3n) is 2.34. The van der Waals surface area contributed by atoms with Crippen LogP contribution in [0.25, 0.3) is 0 Å². The van der Waals surface area contributed by atoms with Gasteiger partial charge in [0.05, 0.1) is 0 Å². The molecule has 0 fully saturated rings. The minimum Gasteiger partial charge on any atom is -0.443 e. The van der Waals surface area contributed by atoms with Gasteiger partial charge in [0.15, 0.2) is 5.17 Å². The predicted molar refractivity (Wildman–Crippen MR) is 99.6 cm³/mol. The minimum atomic E-state index is -0.798. The highest BCUT2D eigenvalue weighted by Gasteiger charge is 2.34. The number of carbonyl (C=O) groups is 2. The van der Waals surface area contributed by atoms with Crippen LogP contribution in [0.2, 0.25) is 0 Å². The van der Waals surface area contributed by atoms with Gasteiger partial charge in [-0.2, -0.15) is 4.90 Å². The summed E-state index contributed by atoms with van der Waals surface area (Å²) in [6.45, 7) is 14.5. The summed E-state index contributed by atoms with van der Waals surface area (Å²) in [6, 6.07) is 0. The monoisotopic (exact) mass is 358 g/mol. The van der Waals surface area contributed by atoms with Gasteiger partial charge in [-0.15, -0.1) is 6.58 Å². The standard InChI is InChI=1S/C17H30N2O4S/c1-9-10-11-12-18-13(24-8)19(14(20)22-16(2,3)4)15(21)23-17(5,6)7/h9H,1,10-12H2,2-8H3. The largest absolute Gasteiger partial charge is 0.443 e. The fourth-order valence-corrected chi connectivity index (χ4v) is 2.03. The number of allylic oxidation sites excluding steroid dienone is 1. The van der Waals surface area contributed by atoms with E-state index in [9.17, 15) is 9.59 Å². The molecule has 0 saturated heterocycles. The third kappa shape index (κ3) is 9.60. The number of imide groups is 1. The molecule has 0 aliphatic rings. The molecule has 0 aromatic carbocycles. The summed E-state index contributed by atoms with van der Waals surface area (Å²) in [7, 11) is 0. The van der Waals surface area contributed by atoms with Crippen molar-refractivity contribution in [2.45, 2.75) is 65.6 Å². The van der Waals surface area contributed by atoms with Crippen LogP contribution in [0.4, 0.5) is 9.59 Å². The first kappa shape index (κ1) is 22.5. The molecule has 0 atom stereocenters. The van der Waals surface area contributed by atoms with Crippen molar-refractivity contribution in [2.75, 3.05) is 12.8 Å². The van der Waals surface area contributed by atoms with E-state index in [1.807, 2.05) is 0 Å². The molecule has 2 amide bonds. The van der Waals surface area contributed by atoms with Gasteiger partial charge in [0, 0.05) is 6.54 Å². The molecule has 0 rings (SSSR count). The maximum absolute atomic E-state index is 12.5. The highest BCUT2D eigenvalue weighted by Crippen LogP contribution is 2.18. The number of nitrogens with zero attached hydrogens (tertiary/aromatic N) is 2. The molecule has 0 aliphatic heterocycles. The number of aliphatic imine (C=N–C) groups is 1. The van der Waals surface area contributed by atoms with Crippen LogP contribution in [0.15, 0.2) is 17.6 Å². The van der Waals surface area contributed by atoms with Gasteiger partial charge in [0.1, 0.15) is 11.2 Å². The summed E-state index contributed by atoms with van der Waals surface area (Å²) in [6.07, 6.45) is 3.54. The Morgan fingerprint density at radius 3 is 1.88 bits per heavy atom. The van der Waals surface area contributed by atoms with E-state index in [0.717, 1.165) is 17.7 Å². The number of ether oxygens (including phenoxy) is 2. The Labute approximate surface area is 149 Å². The van der Waals surface area contributed by atoms with Crippen LogP contribution in [-0.2, 0) is 9.47 Å². The van der Waals surface area contributed by atoms with Crippen LogP contribution in [0.1, 0.15) is 54.4 Å². The first-order valence-electron chi connectivity index (χ1n) is 7.86. The van der Waals surface area contributed by atoms with Gasteiger partial charge >= 0.3 is 12.2 Å². The van der Waals surface area contributed by atoms with Gasteiger partial charge < -0.3 is 9.47 Å². The van der Waals surface area contributed by atoms with Gasteiger partial charge in [-0.05, 0) is 60.6 Å². The predicted octanol–water partition coefficient (Wildman–Crippen LogP) is 4.84. The topological polar surface area (TPSA) is 68.2 Å². The Hall–Kier alpha value is -1.50. The van der Waals surface area contributed by atoms with Crippen LogP contribution in [0, 0.1) is 0 Å².